The molecule has 1 aliphatic rings. The van der Waals surface area contributed by atoms with Crippen molar-refractivity contribution in [3.05, 3.63) is 29.3 Å². The first kappa shape index (κ1) is 12.0. The van der Waals surface area contributed by atoms with Crippen LogP contribution in [0.5, 0.6) is 5.75 Å². The van der Waals surface area contributed by atoms with E-state index in [0.29, 0.717) is 0 Å². The average molecular weight is 232 g/mol. The zero-order valence-corrected chi connectivity index (χ0v) is 10.5. The molecule has 0 fully saturated rings. The van der Waals surface area contributed by atoms with Crippen molar-refractivity contribution < 1.29 is 4.74 Å². The molecule has 1 heterocycles. The van der Waals surface area contributed by atoms with Gasteiger partial charge in [-0.1, -0.05) is 12.2 Å². The predicted molar refractivity (Wildman–Crippen MR) is 72.2 cm³/mol. The van der Waals surface area contributed by atoms with Crippen molar-refractivity contribution >= 4 is 11.8 Å². The number of rotatable bonds is 4. The van der Waals surface area contributed by atoms with E-state index in [4.69, 9.17) is 10.5 Å². The molecular weight excluding hydrogens is 212 g/mol. The Morgan fingerprint density at radius 1 is 1.53 bits per heavy atom. The summed E-state index contributed by atoms with van der Waals surface area (Å²) >= 11 is 0. The number of fused-ring (bicyclic) bond motifs is 1. The summed E-state index contributed by atoms with van der Waals surface area (Å²) in [7, 11) is 1.95. The van der Waals surface area contributed by atoms with E-state index in [1.807, 2.05) is 13.1 Å². The Hall–Kier alpha value is -1.48. The lowest BCUT2D eigenvalue weighted by Gasteiger charge is -2.05. The average Bonchev–Trinajstić information content (AvgIpc) is 2.66. The zero-order chi connectivity index (χ0) is 12.3. The van der Waals surface area contributed by atoms with E-state index < -0.39 is 0 Å². The van der Waals surface area contributed by atoms with Crippen LogP contribution in [0, 0.1) is 0 Å². The molecule has 17 heavy (non-hydrogen) atoms. The maximum Gasteiger partial charge on any atom is 0.125 e. The van der Waals surface area contributed by atoms with Crippen molar-refractivity contribution in [2.24, 2.45) is 0 Å². The SMILES string of the molecule is CNCCC=Cc1cc(N)c2c(c1)OC(C)C2. The lowest BCUT2D eigenvalue weighted by atomic mass is 10.0. The highest BCUT2D eigenvalue weighted by atomic mass is 16.5. The van der Waals surface area contributed by atoms with Crippen LogP contribution in [-0.4, -0.2) is 19.7 Å². The van der Waals surface area contributed by atoms with Gasteiger partial charge >= 0.3 is 0 Å². The molecule has 0 saturated heterocycles. The smallest absolute Gasteiger partial charge is 0.125 e. The molecule has 1 unspecified atom stereocenters. The lowest BCUT2D eigenvalue weighted by Crippen LogP contribution is -2.05. The van der Waals surface area contributed by atoms with E-state index in [1.165, 1.54) is 0 Å². The van der Waals surface area contributed by atoms with Crippen molar-refractivity contribution in [1.29, 1.82) is 0 Å². The van der Waals surface area contributed by atoms with Gasteiger partial charge in [0.1, 0.15) is 11.9 Å². The summed E-state index contributed by atoms with van der Waals surface area (Å²) in [4.78, 5) is 0. The number of ether oxygens (including phenoxy) is 1. The van der Waals surface area contributed by atoms with Gasteiger partial charge in [0.2, 0.25) is 0 Å². The first-order valence-electron chi connectivity index (χ1n) is 6.11. The zero-order valence-electron chi connectivity index (χ0n) is 10.5. The van der Waals surface area contributed by atoms with Gasteiger partial charge in [-0.25, -0.2) is 0 Å². The molecule has 0 saturated carbocycles. The van der Waals surface area contributed by atoms with E-state index in [2.05, 4.69) is 30.5 Å². The Morgan fingerprint density at radius 2 is 2.35 bits per heavy atom. The summed E-state index contributed by atoms with van der Waals surface area (Å²) in [6.45, 7) is 3.06. The van der Waals surface area contributed by atoms with E-state index in [0.717, 1.165) is 42.0 Å². The second-order valence-electron chi connectivity index (χ2n) is 4.51. The fourth-order valence-corrected chi connectivity index (χ4v) is 2.10. The third-order valence-electron chi connectivity index (χ3n) is 2.96. The molecule has 1 atom stereocenters. The summed E-state index contributed by atoms with van der Waals surface area (Å²) in [5.74, 6) is 0.950. The Kier molecular flexibility index (Phi) is 3.69. The number of benzene rings is 1. The van der Waals surface area contributed by atoms with Gasteiger partial charge in [-0.2, -0.15) is 0 Å². The molecule has 0 spiro atoms. The van der Waals surface area contributed by atoms with Gasteiger partial charge in [0, 0.05) is 17.7 Å². The van der Waals surface area contributed by atoms with Crippen LogP contribution in [-0.2, 0) is 6.42 Å². The van der Waals surface area contributed by atoms with Crippen molar-refractivity contribution in [2.45, 2.75) is 25.9 Å². The first-order valence-corrected chi connectivity index (χ1v) is 6.11. The third kappa shape index (κ3) is 2.80. The van der Waals surface area contributed by atoms with Gasteiger partial charge < -0.3 is 15.8 Å². The summed E-state index contributed by atoms with van der Waals surface area (Å²) < 4.78 is 5.73. The topological polar surface area (TPSA) is 47.3 Å². The van der Waals surface area contributed by atoms with Crippen molar-refractivity contribution in [3.63, 3.8) is 0 Å². The van der Waals surface area contributed by atoms with Crippen LogP contribution >= 0.6 is 0 Å². The largest absolute Gasteiger partial charge is 0.490 e. The number of anilines is 1. The van der Waals surface area contributed by atoms with Crippen molar-refractivity contribution in [1.82, 2.24) is 5.32 Å². The van der Waals surface area contributed by atoms with Crippen LogP contribution in [0.25, 0.3) is 6.08 Å². The van der Waals surface area contributed by atoms with Crippen LogP contribution in [0.1, 0.15) is 24.5 Å². The van der Waals surface area contributed by atoms with Crippen LogP contribution in [0.4, 0.5) is 5.69 Å². The molecule has 3 heteroatoms. The maximum absolute atomic E-state index is 6.04. The van der Waals surface area contributed by atoms with E-state index >= 15 is 0 Å². The molecule has 0 bridgehead atoms. The molecule has 92 valence electrons. The van der Waals surface area contributed by atoms with Gasteiger partial charge in [-0.15, -0.1) is 0 Å². The summed E-state index contributed by atoms with van der Waals surface area (Å²) in [5, 5.41) is 3.11. The molecule has 0 aromatic heterocycles. The molecule has 1 aliphatic heterocycles. The molecular formula is C14H20N2O. The summed E-state index contributed by atoms with van der Waals surface area (Å²) in [6.07, 6.45) is 6.43. The number of nitrogens with one attached hydrogen (secondary N) is 1. The Balaban J connectivity index is 2.13. The highest BCUT2D eigenvalue weighted by Crippen LogP contribution is 2.34. The van der Waals surface area contributed by atoms with E-state index in [-0.39, 0.29) is 6.10 Å². The number of nitrogens with two attached hydrogens (primary N) is 1. The molecule has 0 amide bonds. The fourth-order valence-electron chi connectivity index (χ4n) is 2.10. The number of hydrogen-bond acceptors (Lipinski definition) is 3. The minimum Gasteiger partial charge on any atom is -0.490 e. The van der Waals surface area contributed by atoms with E-state index in [9.17, 15) is 0 Å². The fraction of sp³-hybridized carbons (Fsp3) is 0.429. The third-order valence-corrected chi connectivity index (χ3v) is 2.96. The van der Waals surface area contributed by atoms with Crippen molar-refractivity contribution in [3.8, 4) is 5.75 Å². The number of nitrogen functional groups attached to an aromatic ring is 1. The minimum atomic E-state index is 0.246. The molecule has 3 nitrogen and oxygen atoms in total. The number of hydrogen-bond donors (Lipinski definition) is 2. The monoisotopic (exact) mass is 232 g/mol. The molecule has 1 aromatic rings. The second-order valence-corrected chi connectivity index (χ2v) is 4.51. The summed E-state index contributed by atoms with van der Waals surface area (Å²) in [5.41, 5.74) is 9.16. The molecule has 1 aromatic carbocycles. The van der Waals surface area contributed by atoms with Crippen LogP contribution in [0.3, 0.4) is 0 Å². The highest BCUT2D eigenvalue weighted by molar-refractivity contribution is 5.65. The standard InChI is InChI=1S/C14H20N2O/c1-10-7-12-13(15)8-11(9-14(12)17-10)5-3-4-6-16-2/h3,5,8-10,16H,4,6-7,15H2,1-2H3. The van der Waals surface area contributed by atoms with E-state index in [1.54, 1.807) is 0 Å². The second kappa shape index (κ2) is 5.23. The Morgan fingerprint density at radius 3 is 3.12 bits per heavy atom. The quantitative estimate of drug-likeness (QED) is 0.618. The normalized spacial score (nSPS) is 18.4. The van der Waals surface area contributed by atoms with Gasteiger partial charge in [0.25, 0.3) is 0 Å². The lowest BCUT2D eigenvalue weighted by molar-refractivity contribution is 0.254. The van der Waals surface area contributed by atoms with Gasteiger partial charge in [0.05, 0.1) is 0 Å². The minimum absolute atomic E-state index is 0.246. The molecule has 0 radical (unpaired) electrons. The van der Waals surface area contributed by atoms with Crippen molar-refractivity contribution in [2.75, 3.05) is 19.3 Å². The van der Waals surface area contributed by atoms with Gasteiger partial charge in [-0.05, 0) is 44.6 Å². The molecule has 2 rings (SSSR count). The Bertz CT molecular complexity index is 426. The molecule has 3 N–H and O–H groups in total. The maximum atomic E-state index is 6.04. The Labute approximate surface area is 103 Å². The molecule has 0 aliphatic carbocycles. The van der Waals surface area contributed by atoms with Gasteiger partial charge in [0.15, 0.2) is 0 Å². The van der Waals surface area contributed by atoms with Crippen LogP contribution in [0.2, 0.25) is 0 Å². The summed E-state index contributed by atoms with van der Waals surface area (Å²) in [6, 6.07) is 4.10. The van der Waals surface area contributed by atoms with Crippen LogP contribution in [0.15, 0.2) is 18.2 Å². The first-order chi connectivity index (χ1) is 8.20. The van der Waals surface area contributed by atoms with Gasteiger partial charge in [-0.3, -0.25) is 0 Å². The highest BCUT2D eigenvalue weighted by Gasteiger charge is 2.21. The van der Waals surface area contributed by atoms with Crippen LogP contribution < -0.4 is 15.8 Å². The predicted octanol–water partition coefficient (Wildman–Crippen LogP) is 2.21.